The van der Waals surface area contributed by atoms with Crippen molar-refractivity contribution in [2.45, 2.75) is 71.3 Å². The molecule has 0 amide bonds. The molecular formula is C15H28O. The highest BCUT2D eigenvalue weighted by atomic mass is 16.3. The van der Waals surface area contributed by atoms with Gasteiger partial charge in [0.05, 0.1) is 6.10 Å². The van der Waals surface area contributed by atoms with Gasteiger partial charge in [-0.25, -0.2) is 0 Å². The Kier molecular flexibility index (Phi) is 4.29. The summed E-state index contributed by atoms with van der Waals surface area (Å²) in [6.07, 6.45) is 10.5. The average molecular weight is 224 g/mol. The molecule has 0 spiro atoms. The Labute approximate surface area is 101 Å². The highest BCUT2D eigenvalue weighted by molar-refractivity contribution is 4.81. The first-order chi connectivity index (χ1) is 7.66. The van der Waals surface area contributed by atoms with Crippen molar-refractivity contribution in [3.63, 3.8) is 0 Å². The molecule has 2 aliphatic carbocycles. The first-order valence-electron chi connectivity index (χ1n) is 7.35. The Balaban J connectivity index is 1.66. The highest BCUT2D eigenvalue weighted by Crippen LogP contribution is 2.38. The topological polar surface area (TPSA) is 20.2 Å². The van der Waals surface area contributed by atoms with E-state index in [1.165, 1.54) is 44.9 Å². The van der Waals surface area contributed by atoms with E-state index >= 15 is 0 Å². The third kappa shape index (κ3) is 3.48. The van der Waals surface area contributed by atoms with Gasteiger partial charge in [-0.3, -0.25) is 0 Å². The molecule has 1 nitrogen and oxygen atoms in total. The van der Waals surface area contributed by atoms with Crippen molar-refractivity contribution in [2.75, 3.05) is 0 Å². The normalized spacial score (nSPS) is 33.0. The summed E-state index contributed by atoms with van der Waals surface area (Å²) in [5.41, 5.74) is 0. The largest absolute Gasteiger partial charge is 0.393 e. The van der Waals surface area contributed by atoms with Crippen LogP contribution in [0, 0.1) is 23.7 Å². The molecule has 0 aromatic heterocycles. The maximum Gasteiger partial charge on any atom is 0.0568 e. The predicted molar refractivity (Wildman–Crippen MR) is 68.3 cm³/mol. The second-order valence-corrected chi connectivity index (χ2v) is 6.51. The van der Waals surface area contributed by atoms with Crippen molar-refractivity contribution in [3.8, 4) is 0 Å². The second kappa shape index (κ2) is 5.53. The smallest absolute Gasteiger partial charge is 0.0568 e. The number of aliphatic hydroxyl groups excluding tert-OH is 1. The molecule has 0 heterocycles. The van der Waals surface area contributed by atoms with E-state index in [9.17, 15) is 5.11 Å². The van der Waals surface area contributed by atoms with Gasteiger partial charge >= 0.3 is 0 Å². The molecule has 1 unspecified atom stereocenters. The van der Waals surface area contributed by atoms with Gasteiger partial charge in [-0.05, 0) is 62.2 Å². The zero-order valence-electron chi connectivity index (χ0n) is 11.0. The standard InChI is InChI=1S/C15H28O/c1-11(2)13-6-8-14(9-7-13)15(16)10-5-12-3-4-12/h11-16H,3-10H2,1-2H3. The van der Waals surface area contributed by atoms with Crippen molar-refractivity contribution in [1.29, 1.82) is 0 Å². The summed E-state index contributed by atoms with van der Waals surface area (Å²) < 4.78 is 0. The monoisotopic (exact) mass is 224 g/mol. The minimum Gasteiger partial charge on any atom is -0.393 e. The molecule has 0 saturated heterocycles. The van der Waals surface area contributed by atoms with E-state index in [1.54, 1.807) is 0 Å². The number of aliphatic hydroxyl groups is 1. The quantitative estimate of drug-likeness (QED) is 0.748. The van der Waals surface area contributed by atoms with Gasteiger partial charge in [0.1, 0.15) is 0 Å². The van der Waals surface area contributed by atoms with E-state index in [2.05, 4.69) is 13.8 Å². The Morgan fingerprint density at radius 2 is 1.50 bits per heavy atom. The lowest BCUT2D eigenvalue weighted by molar-refractivity contribution is 0.0582. The Morgan fingerprint density at radius 1 is 0.938 bits per heavy atom. The van der Waals surface area contributed by atoms with Crippen LogP contribution in [0.5, 0.6) is 0 Å². The molecule has 1 heteroatoms. The van der Waals surface area contributed by atoms with Crippen molar-refractivity contribution >= 4 is 0 Å². The summed E-state index contributed by atoms with van der Waals surface area (Å²) in [6.45, 7) is 4.68. The summed E-state index contributed by atoms with van der Waals surface area (Å²) in [6, 6.07) is 0. The SMILES string of the molecule is CC(C)C1CCC(C(O)CCC2CC2)CC1. The van der Waals surface area contributed by atoms with Crippen LogP contribution in [0.3, 0.4) is 0 Å². The summed E-state index contributed by atoms with van der Waals surface area (Å²) in [5, 5.41) is 10.2. The van der Waals surface area contributed by atoms with E-state index < -0.39 is 0 Å². The van der Waals surface area contributed by atoms with Crippen LogP contribution < -0.4 is 0 Å². The lowest BCUT2D eigenvalue weighted by atomic mass is 9.74. The molecule has 2 saturated carbocycles. The molecule has 2 rings (SSSR count). The molecular weight excluding hydrogens is 196 g/mol. The lowest BCUT2D eigenvalue weighted by Crippen LogP contribution is -2.27. The molecule has 0 bridgehead atoms. The van der Waals surface area contributed by atoms with E-state index in [0.29, 0.717) is 5.92 Å². The highest BCUT2D eigenvalue weighted by Gasteiger charge is 2.29. The Bertz CT molecular complexity index is 199. The van der Waals surface area contributed by atoms with Crippen LogP contribution in [-0.4, -0.2) is 11.2 Å². The zero-order chi connectivity index (χ0) is 11.5. The Morgan fingerprint density at radius 3 is 2.00 bits per heavy atom. The third-order valence-electron chi connectivity index (χ3n) is 4.87. The third-order valence-corrected chi connectivity index (χ3v) is 4.87. The molecule has 1 N–H and O–H groups in total. The maximum atomic E-state index is 10.2. The summed E-state index contributed by atoms with van der Waals surface area (Å²) in [4.78, 5) is 0. The van der Waals surface area contributed by atoms with Crippen molar-refractivity contribution in [1.82, 2.24) is 0 Å². The minimum absolute atomic E-state index is 0.00807. The van der Waals surface area contributed by atoms with Gasteiger partial charge < -0.3 is 5.11 Å². The van der Waals surface area contributed by atoms with Crippen LogP contribution in [0.25, 0.3) is 0 Å². The van der Waals surface area contributed by atoms with Crippen molar-refractivity contribution in [2.24, 2.45) is 23.7 Å². The van der Waals surface area contributed by atoms with Crippen LogP contribution in [0.15, 0.2) is 0 Å². The van der Waals surface area contributed by atoms with E-state index in [1.807, 2.05) is 0 Å². The van der Waals surface area contributed by atoms with Gasteiger partial charge in [0.25, 0.3) is 0 Å². The molecule has 0 aromatic rings. The van der Waals surface area contributed by atoms with Gasteiger partial charge in [0.15, 0.2) is 0 Å². The summed E-state index contributed by atoms with van der Waals surface area (Å²) in [7, 11) is 0. The van der Waals surface area contributed by atoms with Crippen LogP contribution in [0.2, 0.25) is 0 Å². The van der Waals surface area contributed by atoms with Crippen molar-refractivity contribution in [3.05, 3.63) is 0 Å². The Hall–Kier alpha value is -0.0400. The molecule has 16 heavy (non-hydrogen) atoms. The van der Waals surface area contributed by atoms with Crippen LogP contribution in [0.4, 0.5) is 0 Å². The molecule has 1 atom stereocenters. The fourth-order valence-electron chi connectivity index (χ4n) is 3.25. The van der Waals surface area contributed by atoms with Gasteiger partial charge in [0, 0.05) is 0 Å². The van der Waals surface area contributed by atoms with Gasteiger partial charge in [-0.15, -0.1) is 0 Å². The molecule has 0 aliphatic heterocycles. The van der Waals surface area contributed by atoms with Gasteiger partial charge in [-0.2, -0.15) is 0 Å². The summed E-state index contributed by atoms with van der Waals surface area (Å²) >= 11 is 0. The first kappa shape index (κ1) is 12.4. The first-order valence-corrected chi connectivity index (χ1v) is 7.35. The summed E-state index contributed by atoms with van der Waals surface area (Å²) in [5.74, 6) is 3.35. The fraction of sp³-hybridized carbons (Fsp3) is 1.00. The van der Waals surface area contributed by atoms with Crippen LogP contribution in [0.1, 0.15) is 65.2 Å². The molecule has 0 aromatic carbocycles. The van der Waals surface area contributed by atoms with Crippen LogP contribution in [-0.2, 0) is 0 Å². The number of rotatable bonds is 5. The molecule has 2 fully saturated rings. The van der Waals surface area contributed by atoms with E-state index in [4.69, 9.17) is 0 Å². The van der Waals surface area contributed by atoms with Gasteiger partial charge in [-0.1, -0.05) is 26.7 Å². The van der Waals surface area contributed by atoms with Gasteiger partial charge in [0.2, 0.25) is 0 Å². The van der Waals surface area contributed by atoms with E-state index in [-0.39, 0.29) is 6.10 Å². The number of hydrogen-bond acceptors (Lipinski definition) is 1. The number of hydrogen-bond donors (Lipinski definition) is 1. The van der Waals surface area contributed by atoms with Crippen LogP contribution >= 0.6 is 0 Å². The van der Waals surface area contributed by atoms with Crippen molar-refractivity contribution < 1.29 is 5.11 Å². The predicted octanol–water partition coefficient (Wildman–Crippen LogP) is 4.00. The van der Waals surface area contributed by atoms with E-state index in [0.717, 1.165) is 24.2 Å². The maximum absolute atomic E-state index is 10.2. The molecule has 94 valence electrons. The average Bonchev–Trinajstić information content (AvgIpc) is 3.10. The fourth-order valence-corrected chi connectivity index (χ4v) is 3.25. The zero-order valence-corrected chi connectivity index (χ0v) is 11.0. The molecule has 2 aliphatic rings. The molecule has 0 radical (unpaired) electrons. The minimum atomic E-state index is 0.00807. The lowest BCUT2D eigenvalue weighted by Gasteiger charge is -2.33. The second-order valence-electron chi connectivity index (χ2n) is 6.51.